The van der Waals surface area contributed by atoms with Crippen LogP contribution in [0.15, 0.2) is 43.0 Å². The first-order valence-corrected chi connectivity index (χ1v) is 8.24. The predicted molar refractivity (Wildman–Crippen MR) is 95.7 cm³/mol. The van der Waals surface area contributed by atoms with Crippen LogP contribution >= 0.6 is 0 Å². The van der Waals surface area contributed by atoms with E-state index in [0.717, 1.165) is 23.2 Å². The lowest BCUT2D eigenvalue weighted by atomic mass is 10.1. The molecule has 0 bridgehead atoms. The molecule has 0 amide bonds. The highest BCUT2D eigenvalue weighted by molar-refractivity contribution is 5.69. The second-order valence-corrected chi connectivity index (χ2v) is 5.80. The van der Waals surface area contributed by atoms with Gasteiger partial charge in [0.15, 0.2) is 12.4 Å². The highest BCUT2D eigenvalue weighted by Crippen LogP contribution is 2.22. The number of carbonyl (C=O) groups is 1. The van der Waals surface area contributed by atoms with Crippen molar-refractivity contribution in [1.82, 2.24) is 5.10 Å². The van der Waals surface area contributed by atoms with Crippen LogP contribution in [0.1, 0.15) is 24.8 Å². The van der Waals surface area contributed by atoms with E-state index >= 15 is 0 Å². The zero-order valence-electron chi connectivity index (χ0n) is 14.4. The largest absolute Gasteiger partial charge is 0.508 e. The van der Waals surface area contributed by atoms with E-state index in [2.05, 4.69) is 11.7 Å². The maximum Gasteiger partial charge on any atom is 0.306 e. The van der Waals surface area contributed by atoms with E-state index in [1.54, 1.807) is 18.2 Å². The van der Waals surface area contributed by atoms with E-state index < -0.39 is 0 Å². The number of hydrogen-bond donors (Lipinski definition) is 2. The molecule has 0 atom stereocenters. The Morgan fingerprint density at radius 3 is 2.76 bits per heavy atom. The van der Waals surface area contributed by atoms with Gasteiger partial charge in [-0.15, -0.1) is 0 Å². The zero-order chi connectivity index (χ0) is 18.2. The molecule has 0 saturated heterocycles. The Hall–Kier alpha value is -2.89. The molecule has 2 rings (SSSR count). The second-order valence-electron chi connectivity index (χ2n) is 5.80. The molecule has 1 aromatic heterocycles. The third kappa shape index (κ3) is 5.31. The van der Waals surface area contributed by atoms with Gasteiger partial charge >= 0.3 is 5.97 Å². The SMILES string of the molecule is C=CCOC(=O)CCCC[n+]1nc(N)cc(C)c1-c1ccc(O)cc1. The average Bonchev–Trinajstić information content (AvgIpc) is 2.57. The van der Waals surface area contributed by atoms with Crippen molar-refractivity contribution in [3.8, 4) is 17.0 Å². The van der Waals surface area contributed by atoms with E-state index in [1.165, 1.54) is 0 Å². The molecule has 0 saturated carbocycles. The molecule has 6 nitrogen and oxygen atoms in total. The van der Waals surface area contributed by atoms with Gasteiger partial charge in [0.2, 0.25) is 5.69 Å². The van der Waals surface area contributed by atoms with Gasteiger partial charge in [-0.1, -0.05) is 17.3 Å². The van der Waals surface area contributed by atoms with Crippen molar-refractivity contribution >= 4 is 11.8 Å². The second kappa shape index (κ2) is 8.82. The molecule has 0 spiro atoms. The van der Waals surface area contributed by atoms with Crippen LogP contribution in [0.5, 0.6) is 5.75 Å². The third-order valence-corrected chi connectivity index (χ3v) is 3.74. The lowest BCUT2D eigenvalue weighted by molar-refractivity contribution is -0.743. The number of aromatic hydroxyl groups is 1. The molecule has 0 radical (unpaired) electrons. The number of ether oxygens (including phenoxy) is 1. The lowest BCUT2D eigenvalue weighted by Crippen LogP contribution is -2.42. The zero-order valence-corrected chi connectivity index (χ0v) is 14.4. The molecule has 25 heavy (non-hydrogen) atoms. The molecule has 2 aromatic rings. The van der Waals surface area contributed by atoms with Crippen LogP contribution in [-0.4, -0.2) is 22.8 Å². The fourth-order valence-electron chi connectivity index (χ4n) is 2.62. The lowest BCUT2D eigenvalue weighted by Gasteiger charge is -2.07. The van der Waals surface area contributed by atoms with Crippen LogP contribution in [0.4, 0.5) is 5.82 Å². The van der Waals surface area contributed by atoms with Gasteiger partial charge in [0.1, 0.15) is 12.4 Å². The van der Waals surface area contributed by atoms with Crippen LogP contribution in [0.2, 0.25) is 0 Å². The standard InChI is InChI=1S/C19H23N3O3/c1-3-12-25-18(24)6-4-5-11-22-19(14(2)13-17(20)21-22)15-7-9-16(23)10-8-15/h3,7-10,13H,1,4-6,11-12H2,2H3,(H2,20,21)/p+1. The number of carbonyl (C=O) groups excluding carboxylic acids is 1. The van der Waals surface area contributed by atoms with Crippen LogP contribution < -0.4 is 10.4 Å². The summed E-state index contributed by atoms with van der Waals surface area (Å²) < 4.78 is 6.82. The summed E-state index contributed by atoms with van der Waals surface area (Å²) in [7, 11) is 0. The Morgan fingerprint density at radius 1 is 1.36 bits per heavy atom. The average molecular weight is 342 g/mol. The minimum atomic E-state index is -0.222. The molecule has 3 N–H and O–H groups in total. The van der Waals surface area contributed by atoms with Crippen molar-refractivity contribution in [1.29, 1.82) is 0 Å². The summed E-state index contributed by atoms with van der Waals surface area (Å²) in [5.74, 6) is 0.445. The van der Waals surface area contributed by atoms with Crippen molar-refractivity contribution in [2.75, 3.05) is 12.3 Å². The van der Waals surface area contributed by atoms with E-state index in [9.17, 15) is 9.90 Å². The fourth-order valence-corrected chi connectivity index (χ4v) is 2.62. The number of benzene rings is 1. The molecule has 0 aliphatic rings. The minimum absolute atomic E-state index is 0.217. The summed E-state index contributed by atoms with van der Waals surface area (Å²) in [5, 5.41) is 13.9. The molecular formula is C19H24N3O3+. The van der Waals surface area contributed by atoms with Gasteiger partial charge in [0.25, 0.3) is 0 Å². The van der Waals surface area contributed by atoms with Gasteiger partial charge in [-0.25, -0.2) is 0 Å². The van der Waals surface area contributed by atoms with Crippen LogP contribution in [-0.2, 0) is 16.1 Å². The highest BCUT2D eigenvalue weighted by Gasteiger charge is 2.19. The molecule has 0 unspecified atom stereocenters. The molecule has 0 fully saturated rings. The van der Waals surface area contributed by atoms with Crippen molar-refractivity contribution < 1.29 is 19.3 Å². The summed E-state index contributed by atoms with van der Waals surface area (Å²) in [6, 6.07) is 8.80. The number of aromatic nitrogens is 2. The first kappa shape index (κ1) is 18.4. The molecule has 132 valence electrons. The number of anilines is 1. The molecule has 6 heteroatoms. The van der Waals surface area contributed by atoms with E-state index in [1.807, 2.05) is 29.8 Å². The van der Waals surface area contributed by atoms with Crippen molar-refractivity contribution in [3.05, 3.63) is 48.6 Å². The Labute approximate surface area is 147 Å². The van der Waals surface area contributed by atoms with E-state index in [0.29, 0.717) is 25.2 Å². The Morgan fingerprint density at radius 2 is 2.08 bits per heavy atom. The highest BCUT2D eigenvalue weighted by atomic mass is 16.5. The third-order valence-electron chi connectivity index (χ3n) is 3.74. The Bertz CT molecular complexity index is 742. The van der Waals surface area contributed by atoms with Gasteiger partial charge in [0, 0.05) is 29.1 Å². The molecule has 0 aliphatic carbocycles. The maximum absolute atomic E-state index is 11.5. The van der Waals surface area contributed by atoms with E-state index in [4.69, 9.17) is 10.5 Å². The molecular weight excluding hydrogens is 318 g/mol. The number of aryl methyl sites for hydroxylation is 2. The van der Waals surface area contributed by atoms with Gasteiger partial charge in [-0.3, -0.25) is 4.79 Å². The summed E-state index contributed by atoms with van der Waals surface area (Å²) >= 11 is 0. The smallest absolute Gasteiger partial charge is 0.306 e. The van der Waals surface area contributed by atoms with Crippen LogP contribution in [0.25, 0.3) is 11.3 Å². The molecule has 0 aliphatic heterocycles. The maximum atomic E-state index is 11.5. The summed E-state index contributed by atoms with van der Waals surface area (Å²) in [5.41, 5.74) is 8.79. The van der Waals surface area contributed by atoms with Gasteiger partial charge in [-0.2, -0.15) is 0 Å². The summed E-state index contributed by atoms with van der Waals surface area (Å²) in [6.07, 6.45) is 3.39. The fraction of sp³-hybridized carbons (Fsp3) is 0.316. The van der Waals surface area contributed by atoms with Gasteiger partial charge < -0.3 is 15.6 Å². The number of hydrogen-bond acceptors (Lipinski definition) is 5. The van der Waals surface area contributed by atoms with Gasteiger partial charge in [0.05, 0.1) is 0 Å². The number of nitrogens with two attached hydrogens (primary N) is 1. The predicted octanol–water partition coefficient (Wildman–Crippen LogP) is 2.53. The van der Waals surface area contributed by atoms with Crippen molar-refractivity contribution in [2.24, 2.45) is 0 Å². The number of phenols is 1. The normalized spacial score (nSPS) is 10.4. The minimum Gasteiger partial charge on any atom is -0.508 e. The van der Waals surface area contributed by atoms with Gasteiger partial charge in [-0.05, 0) is 43.7 Å². The Kier molecular flexibility index (Phi) is 6.51. The topological polar surface area (TPSA) is 89.3 Å². The number of nitrogens with zero attached hydrogens (tertiary/aromatic N) is 2. The molecule has 1 aromatic carbocycles. The number of esters is 1. The number of nitrogen functional groups attached to an aromatic ring is 1. The van der Waals surface area contributed by atoms with Crippen LogP contribution in [0, 0.1) is 6.92 Å². The quantitative estimate of drug-likeness (QED) is 0.333. The molecule has 1 heterocycles. The summed E-state index contributed by atoms with van der Waals surface area (Å²) in [4.78, 5) is 11.5. The first-order chi connectivity index (χ1) is 12.0. The Balaban J connectivity index is 2.08. The number of phenolic OH excluding ortho intramolecular Hbond substituents is 1. The summed E-state index contributed by atoms with van der Waals surface area (Å²) in [6.45, 7) is 6.37. The first-order valence-electron chi connectivity index (χ1n) is 8.24. The number of rotatable bonds is 8. The van der Waals surface area contributed by atoms with Crippen molar-refractivity contribution in [2.45, 2.75) is 32.7 Å². The van der Waals surface area contributed by atoms with Crippen molar-refractivity contribution in [3.63, 3.8) is 0 Å². The van der Waals surface area contributed by atoms with E-state index in [-0.39, 0.29) is 18.3 Å². The van der Waals surface area contributed by atoms with Crippen LogP contribution in [0.3, 0.4) is 0 Å². The monoisotopic (exact) mass is 342 g/mol. The number of unbranched alkanes of at least 4 members (excludes halogenated alkanes) is 1.